The number of hydrogen-bond acceptors (Lipinski definition) is 3. The summed E-state index contributed by atoms with van der Waals surface area (Å²) < 4.78 is 43.2. The van der Waals surface area contributed by atoms with Crippen LogP contribution in [0.15, 0.2) is 79.0 Å². The van der Waals surface area contributed by atoms with Crippen molar-refractivity contribution in [2.75, 3.05) is 0 Å². The number of hydrogen-bond donors (Lipinski definition) is 1. The maximum Gasteiger partial charge on any atom is 0.219 e. The van der Waals surface area contributed by atoms with Gasteiger partial charge < -0.3 is 5.11 Å². The Bertz CT molecular complexity index is 1430. The molecule has 1 N–H and O–H groups in total. The molecule has 0 atom stereocenters. The first-order valence-corrected chi connectivity index (χ1v) is 10.3. The number of fused-ring (bicyclic) bond motifs is 1. The summed E-state index contributed by atoms with van der Waals surface area (Å²) in [6, 6.07) is 20.4. The fourth-order valence-corrected chi connectivity index (χ4v) is 3.83. The summed E-state index contributed by atoms with van der Waals surface area (Å²) in [5.41, 5.74) is 3.15. The SMILES string of the molecule is Oc1c(Cc2c(F)cc(F)cc2F)nc2c(Cc3ccccc3)nc(-c3ccccc3)cn12. The molecule has 33 heavy (non-hydrogen) atoms. The second-order valence-electron chi connectivity index (χ2n) is 7.70. The molecule has 3 aromatic carbocycles. The molecular weight excluding hydrogens is 427 g/mol. The molecule has 4 nitrogen and oxygen atoms in total. The first kappa shape index (κ1) is 20.8. The minimum Gasteiger partial charge on any atom is -0.493 e. The topological polar surface area (TPSA) is 50.4 Å². The third-order valence-corrected chi connectivity index (χ3v) is 5.45. The summed E-state index contributed by atoms with van der Waals surface area (Å²) in [5.74, 6) is -3.31. The lowest BCUT2D eigenvalue weighted by atomic mass is 10.1. The van der Waals surface area contributed by atoms with Crippen molar-refractivity contribution in [3.63, 3.8) is 0 Å². The Morgan fingerprint density at radius 3 is 2.06 bits per heavy atom. The Labute approximate surface area is 187 Å². The van der Waals surface area contributed by atoms with Gasteiger partial charge in [0.05, 0.1) is 11.4 Å². The number of halogens is 3. The Kier molecular flexibility index (Phi) is 5.30. The van der Waals surface area contributed by atoms with E-state index >= 15 is 0 Å². The van der Waals surface area contributed by atoms with Gasteiger partial charge in [-0.3, -0.25) is 4.40 Å². The number of imidazole rings is 1. The van der Waals surface area contributed by atoms with E-state index < -0.39 is 17.5 Å². The summed E-state index contributed by atoms with van der Waals surface area (Å²) in [6.07, 6.45) is 1.75. The van der Waals surface area contributed by atoms with Gasteiger partial charge in [-0.15, -0.1) is 0 Å². The van der Waals surface area contributed by atoms with Gasteiger partial charge in [0.1, 0.15) is 23.1 Å². The second kappa shape index (κ2) is 8.43. The highest BCUT2D eigenvalue weighted by Gasteiger charge is 2.21. The van der Waals surface area contributed by atoms with E-state index in [2.05, 4.69) is 4.98 Å². The van der Waals surface area contributed by atoms with Crippen molar-refractivity contribution < 1.29 is 18.3 Å². The molecule has 0 aliphatic carbocycles. The van der Waals surface area contributed by atoms with Crippen LogP contribution in [-0.4, -0.2) is 19.5 Å². The average Bonchev–Trinajstić information content (AvgIpc) is 3.13. The van der Waals surface area contributed by atoms with Crippen molar-refractivity contribution in [1.82, 2.24) is 14.4 Å². The number of nitrogens with zero attached hydrogens (tertiary/aromatic N) is 3. The summed E-state index contributed by atoms with van der Waals surface area (Å²) in [5, 5.41) is 10.9. The monoisotopic (exact) mass is 445 g/mol. The lowest BCUT2D eigenvalue weighted by molar-refractivity contribution is 0.441. The fourth-order valence-electron chi connectivity index (χ4n) is 3.83. The summed E-state index contributed by atoms with van der Waals surface area (Å²) in [6.45, 7) is 0. The zero-order valence-electron chi connectivity index (χ0n) is 17.3. The lowest BCUT2D eigenvalue weighted by Gasteiger charge is -2.08. The molecule has 0 aliphatic rings. The van der Waals surface area contributed by atoms with Crippen LogP contribution in [0.3, 0.4) is 0 Å². The van der Waals surface area contributed by atoms with Gasteiger partial charge in [0, 0.05) is 42.3 Å². The van der Waals surface area contributed by atoms with Gasteiger partial charge in [-0.2, -0.15) is 0 Å². The molecule has 0 unspecified atom stereocenters. The number of aromatic nitrogens is 3. The Morgan fingerprint density at radius 2 is 1.39 bits per heavy atom. The van der Waals surface area contributed by atoms with Crippen molar-refractivity contribution in [3.05, 3.63) is 119 Å². The molecule has 164 valence electrons. The van der Waals surface area contributed by atoms with Crippen molar-refractivity contribution in [3.8, 4) is 17.1 Å². The molecule has 0 fully saturated rings. The minimum atomic E-state index is -1.03. The average molecular weight is 445 g/mol. The van der Waals surface area contributed by atoms with Gasteiger partial charge in [-0.25, -0.2) is 23.1 Å². The van der Waals surface area contributed by atoms with E-state index in [9.17, 15) is 18.3 Å². The lowest BCUT2D eigenvalue weighted by Crippen LogP contribution is -2.01. The van der Waals surface area contributed by atoms with Gasteiger partial charge in [0.15, 0.2) is 5.65 Å². The summed E-state index contributed by atoms with van der Waals surface area (Å²) in [7, 11) is 0. The van der Waals surface area contributed by atoms with Crippen LogP contribution >= 0.6 is 0 Å². The van der Waals surface area contributed by atoms with Crippen LogP contribution < -0.4 is 0 Å². The molecule has 0 bridgehead atoms. The van der Waals surface area contributed by atoms with E-state index in [0.717, 1.165) is 11.1 Å². The van der Waals surface area contributed by atoms with E-state index in [4.69, 9.17) is 4.98 Å². The standard InChI is InChI=1S/C26H18F3N3O/c27-18-12-20(28)19(21(29)13-18)14-23-26(33)32-15-24(17-9-5-2-6-10-17)30-22(25(32)31-23)11-16-7-3-1-4-8-16/h1-10,12-13,15,33H,11,14H2. The third kappa shape index (κ3) is 4.05. The van der Waals surface area contributed by atoms with Crippen LogP contribution in [0.2, 0.25) is 0 Å². The van der Waals surface area contributed by atoms with Crippen molar-refractivity contribution in [1.29, 1.82) is 0 Å². The molecule has 0 radical (unpaired) electrons. The molecule has 5 aromatic rings. The fraction of sp³-hybridized carbons (Fsp3) is 0.0769. The third-order valence-electron chi connectivity index (χ3n) is 5.45. The van der Waals surface area contributed by atoms with Crippen LogP contribution in [0.4, 0.5) is 13.2 Å². The van der Waals surface area contributed by atoms with Gasteiger partial charge in [0.25, 0.3) is 0 Å². The van der Waals surface area contributed by atoms with Crippen LogP contribution in [0.25, 0.3) is 16.9 Å². The Balaban J connectivity index is 1.66. The largest absolute Gasteiger partial charge is 0.493 e. The van der Waals surface area contributed by atoms with Gasteiger partial charge in [-0.05, 0) is 5.56 Å². The van der Waals surface area contributed by atoms with Crippen LogP contribution in [0.1, 0.15) is 22.5 Å². The molecule has 0 spiro atoms. The van der Waals surface area contributed by atoms with E-state index in [1.807, 2.05) is 60.7 Å². The molecule has 2 heterocycles. The molecule has 7 heteroatoms. The Morgan fingerprint density at radius 1 is 0.758 bits per heavy atom. The van der Waals surface area contributed by atoms with E-state index in [1.165, 1.54) is 4.40 Å². The van der Waals surface area contributed by atoms with Crippen molar-refractivity contribution >= 4 is 5.65 Å². The van der Waals surface area contributed by atoms with Gasteiger partial charge in [-0.1, -0.05) is 60.7 Å². The zero-order valence-corrected chi connectivity index (χ0v) is 17.3. The smallest absolute Gasteiger partial charge is 0.219 e. The molecule has 0 saturated carbocycles. The molecular formula is C26H18F3N3O. The van der Waals surface area contributed by atoms with Gasteiger partial charge in [0.2, 0.25) is 5.88 Å². The van der Waals surface area contributed by atoms with E-state index in [0.29, 0.717) is 35.6 Å². The van der Waals surface area contributed by atoms with Crippen molar-refractivity contribution in [2.24, 2.45) is 0 Å². The zero-order chi connectivity index (χ0) is 22.9. The predicted octanol–water partition coefficient (Wildman–Crippen LogP) is 5.70. The van der Waals surface area contributed by atoms with E-state index in [-0.39, 0.29) is 23.6 Å². The Hall–Kier alpha value is -4.13. The number of benzene rings is 3. The van der Waals surface area contributed by atoms with Crippen LogP contribution in [0, 0.1) is 17.5 Å². The number of aromatic hydroxyl groups is 1. The highest BCUT2D eigenvalue weighted by atomic mass is 19.1. The van der Waals surface area contributed by atoms with Gasteiger partial charge >= 0.3 is 0 Å². The molecule has 5 rings (SSSR count). The number of rotatable bonds is 5. The van der Waals surface area contributed by atoms with Crippen LogP contribution in [-0.2, 0) is 12.8 Å². The maximum atomic E-state index is 14.2. The predicted molar refractivity (Wildman–Crippen MR) is 118 cm³/mol. The molecule has 0 aliphatic heterocycles. The summed E-state index contributed by atoms with van der Waals surface area (Å²) >= 11 is 0. The minimum absolute atomic E-state index is 0.0701. The highest BCUT2D eigenvalue weighted by Crippen LogP contribution is 2.29. The maximum absolute atomic E-state index is 14.2. The molecule has 0 saturated heterocycles. The molecule has 0 amide bonds. The quantitative estimate of drug-likeness (QED) is 0.378. The van der Waals surface area contributed by atoms with E-state index in [1.54, 1.807) is 6.20 Å². The normalized spacial score (nSPS) is 11.2. The highest BCUT2D eigenvalue weighted by molar-refractivity contribution is 5.63. The first-order valence-electron chi connectivity index (χ1n) is 10.3. The summed E-state index contributed by atoms with van der Waals surface area (Å²) in [4.78, 5) is 9.25. The first-order chi connectivity index (χ1) is 16.0. The van der Waals surface area contributed by atoms with Crippen molar-refractivity contribution in [2.45, 2.75) is 12.8 Å². The molecule has 2 aromatic heterocycles. The van der Waals surface area contributed by atoms with Crippen LogP contribution in [0.5, 0.6) is 5.88 Å². The second-order valence-corrected chi connectivity index (χ2v) is 7.70.